The maximum absolute atomic E-state index is 6.07. The third kappa shape index (κ3) is 5.45. The second-order valence-electron chi connectivity index (χ2n) is 5.93. The molecule has 0 heterocycles. The summed E-state index contributed by atoms with van der Waals surface area (Å²) in [6.07, 6.45) is -0.439. The van der Waals surface area contributed by atoms with Crippen LogP contribution in [0.4, 0.5) is 0 Å². The lowest BCUT2D eigenvalue weighted by Crippen LogP contribution is -2.09. The summed E-state index contributed by atoms with van der Waals surface area (Å²) in [5.41, 5.74) is 3.21. The zero-order valence-corrected chi connectivity index (χ0v) is 15.0. The third-order valence-electron chi connectivity index (χ3n) is 3.95. The first-order valence-corrected chi connectivity index (χ1v) is 8.89. The third-order valence-corrected chi connectivity index (χ3v) is 3.95. The van der Waals surface area contributed by atoms with Gasteiger partial charge in [-0.2, -0.15) is 0 Å². The van der Waals surface area contributed by atoms with E-state index in [1.54, 1.807) is 0 Å². The van der Waals surface area contributed by atoms with Gasteiger partial charge in [-0.15, -0.1) is 0 Å². The van der Waals surface area contributed by atoms with Crippen LogP contribution in [0.1, 0.15) is 29.9 Å². The van der Waals surface area contributed by atoms with Crippen LogP contribution >= 0.6 is 0 Å². The van der Waals surface area contributed by atoms with Gasteiger partial charge in [0, 0.05) is 5.56 Å². The molecule has 134 valence electrons. The Kier molecular flexibility index (Phi) is 6.82. The van der Waals surface area contributed by atoms with E-state index < -0.39 is 6.29 Å². The molecule has 0 bridgehead atoms. The maximum atomic E-state index is 6.07. The molecule has 0 amide bonds. The van der Waals surface area contributed by atoms with Gasteiger partial charge >= 0.3 is 0 Å². The van der Waals surface area contributed by atoms with Gasteiger partial charge in [0.15, 0.2) is 6.29 Å². The number of rotatable bonds is 9. The Morgan fingerprint density at radius 1 is 0.654 bits per heavy atom. The Morgan fingerprint density at radius 2 is 1.15 bits per heavy atom. The summed E-state index contributed by atoms with van der Waals surface area (Å²) in [5.74, 6) is 0.848. The van der Waals surface area contributed by atoms with Gasteiger partial charge in [0.25, 0.3) is 0 Å². The van der Waals surface area contributed by atoms with Crippen molar-refractivity contribution >= 4 is 0 Å². The molecule has 0 atom stereocenters. The van der Waals surface area contributed by atoms with E-state index in [1.807, 2.05) is 91.9 Å². The predicted molar refractivity (Wildman–Crippen MR) is 103 cm³/mol. The molecular formula is C23H24O3. The maximum Gasteiger partial charge on any atom is 0.184 e. The molecule has 0 radical (unpaired) electrons. The molecule has 26 heavy (non-hydrogen) atoms. The van der Waals surface area contributed by atoms with Gasteiger partial charge in [-0.25, -0.2) is 0 Å². The molecule has 3 aromatic carbocycles. The van der Waals surface area contributed by atoms with Crippen molar-refractivity contribution in [3.63, 3.8) is 0 Å². The average Bonchev–Trinajstić information content (AvgIpc) is 2.71. The fraction of sp³-hybridized carbons (Fsp3) is 0.217. The minimum absolute atomic E-state index is 0.439. The van der Waals surface area contributed by atoms with Crippen LogP contribution < -0.4 is 4.74 Å². The molecule has 3 heteroatoms. The minimum Gasteiger partial charge on any atom is -0.494 e. The first-order chi connectivity index (χ1) is 12.8. The Labute approximate surface area is 155 Å². The molecule has 0 aliphatic carbocycles. The van der Waals surface area contributed by atoms with Crippen LogP contribution in [0.25, 0.3) is 0 Å². The number of hydrogen-bond donors (Lipinski definition) is 0. The number of ether oxygens (including phenoxy) is 3. The SMILES string of the molecule is CCOc1ccc(C(OCc2ccccc2)OCc2ccccc2)cc1. The second kappa shape index (κ2) is 9.76. The first-order valence-electron chi connectivity index (χ1n) is 8.89. The van der Waals surface area contributed by atoms with Crippen molar-refractivity contribution in [1.29, 1.82) is 0 Å². The van der Waals surface area contributed by atoms with E-state index >= 15 is 0 Å². The molecule has 0 N–H and O–H groups in total. The summed E-state index contributed by atoms with van der Waals surface area (Å²) in [6, 6.07) is 28.1. The molecule has 3 aromatic rings. The largest absolute Gasteiger partial charge is 0.494 e. The monoisotopic (exact) mass is 348 g/mol. The normalized spacial score (nSPS) is 10.8. The van der Waals surface area contributed by atoms with Crippen LogP contribution in [0, 0.1) is 0 Å². The lowest BCUT2D eigenvalue weighted by Gasteiger charge is -2.20. The van der Waals surface area contributed by atoms with Crippen LogP contribution in [0.5, 0.6) is 5.75 Å². The van der Waals surface area contributed by atoms with Crippen LogP contribution in [-0.4, -0.2) is 6.61 Å². The Balaban J connectivity index is 1.69. The molecule has 0 unspecified atom stereocenters. The quantitative estimate of drug-likeness (QED) is 0.477. The van der Waals surface area contributed by atoms with E-state index in [0.29, 0.717) is 19.8 Å². The predicted octanol–water partition coefficient (Wildman–Crippen LogP) is 5.52. The summed E-state index contributed by atoms with van der Waals surface area (Å²) >= 11 is 0. The molecule has 3 rings (SSSR count). The van der Waals surface area contributed by atoms with Crippen molar-refractivity contribution in [2.75, 3.05) is 6.61 Å². The topological polar surface area (TPSA) is 27.7 Å². The highest BCUT2D eigenvalue weighted by Gasteiger charge is 2.13. The van der Waals surface area contributed by atoms with Crippen LogP contribution in [-0.2, 0) is 22.7 Å². The lowest BCUT2D eigenvalue weighted by atomic mass is 10.2. The van der Waals surface area contributed by atoms with E-state index in [9.17, 15) is 0 Å². The summed E-state index contributed by atoms with van der Waals surface area (Å²) in [4.78, 5) is 0. The van der Waals surface area contributed by atoms with Gasteiger partial charge in [-0.05, 0) is 30.2 Å². The Morgan fingerprint density at radius 3 is 1.62 bits per heavy atom. The summed E-state index contributed by atoms with van der Waals surface area (Å²) in [7, 11) is 0. The van der Waals surface area contributed by atoms with Crippen molar-refractivity contribution in [2.24, 2.45) is 0 Å². The van der Waals surface area contributed by atoms with Gasteiger partial charge in [0.1, 0.15) is 5.75 Å². The molecular weight excluding hydrogens is 324 g/mol. The van der Waals surface area contributed by atoms with Crippen LogP contribution in [0.3, 0.4) is 0 Å². The van der Waals surface area contributed by atoms with Crippen molar-refractivity contribution in [3.05, 3.63) is 102 Å². The van der Waals surface area contributed by atoms with Crippen molar-refractivity contribution < 1.29 is 14.2 Å². The average molecular weight is 348 g/mol. The van der Waals surface area contributed by atoms with Crippen molar-refractivity contribution in [1.82, 2.24) is 0 Å². The highest BCUT2D eigenvalue weighted by Crippen LogP contribution is 2.24. The molecule has 0 fully saturated rings. The van der Waals surface area contributed by atoms with Gasteiger partial charge in [0.2, 0.25) is 0 Å². The molecule has 3 nitrogen and oxygen atoms in total. The lowest BCUT2D eigenvalue weighted by molar-refractivity contribution is -0.161. The molecule has 0 aliphatic rings. The van der Waals surface area contributed by atoms with Crippen molar-refractivity contribution in [2.45, 2.75) is 26.4 Å². The smallest absolute Gasteiger partial charge is 0.184 e. The Hall–Kier alpha value is -2.62. The van der Waals surface area contributed by atoms with E-state index in [2.05, 4.69) is 0 Å². The van der Waals surface area contributed by atoms with E-state index in [-0.39, 0.29) is 0 Å². The molecule has 0 saturated heterocycles. The molecule has 0 spiro atoms. The second-order valence-corrected chi connectivity index (χ2v) is 5.93. The molecule has 0 aromatic heterocycles. The van der Waals surface area contributed by atoms with E-state index in [4.69, 9.17) is 14.2 Å². The van der Waals surface area contributed by atoms with Gasteiger partial charge in [0.05, 0.1) is 19.8 Å². The number of hydrogen-bond acceptors (Lipinski definition) is 3. The first kappa shape index (κ1) is 18.2. The summed E-state index contributed by atoms with van der Waals surface area (Å²) < 4.78 is 17.7. The van der Waals surface area contributed by atoms with Crippen LogP contribution in [0.2, 0.25) is 0 Å². The summed E-state index contributed by atoms with van der Waals surface area (Å²) in [6.45, 7) is 3.61. The Bertz CT molecular complexity index is 711. The molecule has 0 saturated carbocycles. The fourth-order valence-electron chi connectivity index (χ4n) is 2.62. The van der Waals surface area contributed by atoms with Crippen LogP contribution in [0.15, 0.2) is 84.9 Å². The molecule has 0 aliphatic heterocycles. The number of benzene rings is 3. The zero-order chi connectivity index (χ0) is 18.0. The van der Waals surface area contributed by atoms with E-state index in [0.717, 1.165) is 22.4 Å². The van der Waals surface area contributed by atoms with Crippen molar-refractivity contribution in [3.8, 4) is 5.75 Å². The zero-order valence-electron chi connectivity index (χ0n) is 15.0. The summed E-state index contributed by atoms with van der Waals surface area (Å²) in [5, 5.41) is 0. The minimum atomic E-state index is -0.439. The van der Waals surface area contributed by atoms with Gasteiger partial charge < -0.3 is 14.2 Å². The van der Waals surface area contributed by atoms with Gasteiger partial charge in [-0.3, -0.25) is 0 Å². The van der Waals surface area contributed by atoms with E-state index in [1.165, 1.54) is 0 Å². The highest BCUT2D eigenvalue weighted by atomic mass is 16.7. The highest BCUT2D eigenvalue weighted by molar-refractivity contribution is 5.28. The van der Waals surface area contributed by atoms with Gasteiger partial charge in [-0.1, -0.05) is 72.8 Å². The standard InChI is InChI=1S/C23H24O3/c1-2-24-22-15-13-21(14-16-22)23(25-17-19-9-5-3-6-10-19)26-18-20-11-7-4-8-12-20/h3-16,23H,2,17-18H2,1H3. The fourth-order valence-corrected chi connectivity index (χ4v) is 2.62.